The fourth-order valence-corrected chi connectivity index (χ4v) is 6.18. The number of carbonyl (C=O) groups excluding carboxylic acids is 4. The van der Waals surface area contributed by atoms with E-state index in [9.17, 15) is 44.9 Å². The van der Waals surface area contributed by atoms with Gasteiger partial charge in [0.2, 0.25) is 5.75 Å². The minimum atomic E-state index is -2.61. The number of fused-ring (bicyclic) bond motifs is 2. The van der Waals surface area contributed by atoms with Gasteiger partial charge in [-0.05, 0) is 54.3 Å². The van der Waals surface area contributed by atoms with E-state index < -0.39 is 75.1 Å². The van der Waals surface area contributed by atoms with Gasteiger partial charge in [-0.15, -0.1) is 0 Å². The summed E-state index contributed by atoms with van der Waals surface area (Å²) in [6.07, 6.45) is 0.488. The van der Waals surface area contributed by atoms with E-state index in [-0.39, 0.29) is 56.7 Å². The van der Waals surface area contributed by atoms with Crippen LogP contribution in [0.25, 0.3) is 22.3 Å². The molecule has 0 aromatic heterocycles. The second-order valence-electron chi connectivity index (χ2n) is 12.5. The molecule has 0 fully saturated rings. The second kappa shape index (κ2) is 13.7. The van der Waals surface area contributed by atoms with Gasteiger partial charge in [0, 0.05) is 26.7 Å². The maximum Gasteiger partial charge on any atom is 0.374 e. The number of hydrogen-bond donors (Lipinski definition) is 4. The Balaban J connectivity index is 1.76. The first-order chi connectivity index (χ1) is 24.4. The Bertz CT molecular complexity index is 2010. The number of benzene rings is 3. The molecule has 4 N–H and O–H groups in total. The van der Waals surface area contributed by atoms with Gasteiger partial charge in [-0.25, -0.2) is 0 Å². The molecular weight excluding hydrogens is 684 g/mol. The highest BCUT2D eigenvalue weighted by atomic mass is 17.0. The van der Waals surface area contributed by atoms with Crippen LogP contribution in [0.1, 0.15) is 61.3 Å². The first kappa shape index (κ1) is 37.4. The largest absolute Gasteiger partial charge is 0.578 e. The quantitative estimate of drug-likeness (QED) is 0.0500. The number of nitrogens with zero attached hydrogens (tertiary/aromatic N) is 2. The lowest BCUT2D eigenvalue weighted by atomic mass is 9.89. The van der Waals surface area contributed by atoms with Gasteiger partial charge in [0.15, 0.2) is 34.4 Å². The molecule has 4 atom stereocenters. The highest BCUT2D eigenvalue weighted by Crippen LogP contribution is 2.58. The van der Waals surface area contributed by atoms with Crippen LogP contribution in [-0.2, 0) is 19.2 Å². The molecule has 0 spiro atoms. The molecule has 0 saturated heterocycles. The molecule has 16 nitrogen and oxygen atoms in total. The smallest absolute Gasteiger partial charge is 0.374 e. The molecule has 1 amide bonds. The van der Waals surface area contributed by atoms with Gasteiger partial charge >= 0.3 is 35.4 Å². The van der Waals surface area contributed by atoms with E-state index in [0.29, 0.717) is 6.42 Å². The van der Waals surface area contributed by atoms with Crippen molar-refractivity contribution < 1.29 is 68.3 Å². The maximum absolute atomic E-state index is 14.6. The molecule has 276 valence electrons. The molecule has 0 radical (unpaired) electrons. The summed E-state index contributed by atoms with van der Waals surface area (Å²) >= 11 is 0. The molecule has 4 unspecified atom stereocenters. The van der Waals surface area contributed by atoms with E-state index in [1.54, 1.807) is 20.8 Å². The zero-order valence-electron chi connectivity index (χ0n) is 29.4. The summed E-state index contributed by atoms with van der Waals surface area (Å²) < 4.78 is 22.2. The third kappa shape index (κ3) is 5.89. The summed E-state index contributed by atoms with van der Waals surface area (Å²) in [4.78, 5) is 54.0. The summed E-state index contributed by atoms with van der Waals surface area (Å²) in [6, 6.07) is 9.26. The van der Waals surface area contributed by atoms with Crippen LogP contribution >= 0.6 is 0 Å². The number of aliphatic hydroxyl groups is 1. The minimum Gasteiger partial charge on any atom is -0.578 e. The van der Waals surface area contributed by atoms with Crippen molar-refractivity contribution >= 4 is 23.8 Å². The Morgan fingerprint density at radius 2 is 1.35 bits per heavy atom. The van der Waals surface area contributed by atoms with Crippen molar-refractivity contribution in [3.8, 4) is 62.5 Å². The van der Waals surface area contributed by atoms with Crippen LogP contribution in [0.3, 0.4) is 0 Å². The Hall–Kier alpha value is -5.84. The number of phenols is 2. The van der Waals surface area contributed by atoms with Gasteiger partial charge in [0.25, 0.3) is 0 Å². The number of esters is 3. The Morgan fingerprint density at radius 1 is 0.827 bits per heavy atom. The van der Waals surface area contributed by atoms with Crippen LogP contribution in [0, 0.1) is 17.0 Å². The molecule has 2 heterocycles. The van der Waals surface area contributed by atoms with Crippen molar-refractivity contribution in [2.75, 3.05) is 0 Å². The maximum atomic E-state index is 14.6. The molecular formula is C36H38N2O14. The molecule has 2 aliphatic rings. The number of ether oxygens (including phenoxy) is 4. The van der Waals surface area contributed by atoms with E-state index in [2.05, 4.69) is 0 Å². The number of allylic oxidation sites excluding steroid dienone is 1. The van der Waals surface area contributed by atoms with Crippen LogP contribution < -0.4 is 23.8 Å². The molecule has 3 aromatic carbocycles. The van der Waals surface area contributed by atoms with Gasteiger partial charge in [-0.2, -0.15) is 5.06 Å². The number of carbonyl (C=O) groups is 4. The van der Waals surface area contributed by atoms with Gasteiger partial charge in [-0.1, -0.05) is 44.6 Å². The number of amides is 1. The second-order valence-corrected chi connectivity index (χ2v) is 12.5. The van der Waals surface area contributed by atoms with Crippen molar-refractivity contribution in [3.05, 3.63) is 59.3 Å². The Kier molecular flexibility index (Phi) is 9.86. The van der Waals surface area contributed by atoms with Crippen LogP contribution in [0.2, 0.25) is 0 Å². The lowest BCUT2D eigenvalue weighted by Gasteiger charge is -2.56. The number of rotatable bonds is 9. The predicted molar refractivity (Wildman–Crippen MR) is 179 cm³/mol. The van der Waals surface area contributed by atoms with Gasteiger partial charge in [-0.3, -0.25) is 29.2 Å². The summed E-state index contributed by atoms with van der Waals surface area (Å²) in [7, 11) is 0. The average Bonchev–Trinajstić information content (AvgIpc) is 3.08. The number of phenolic OH excluding ortho intramolecular Hbond substituents is 2. The van der Waals surface area contributed by atoms with Crippen molar-refractivity contribution in [2.24, 2.45) is 11.8 Å². The molecule has 2 aliphatic heterocycles. The van der Waals surface area contributed by atoms with E-state index >= 15 is 0 Å². The van der Waals surface area contributed by atoms with E-state index in [0.717, 1.165) is 13.8 Å². The van der Waals surface area contributed by atoms with Crippen LogP contribution in [0.15, 0.2) is 54.0 Å². The van der Waals surface area contributed by atoms with Crippen LogP contribution in [0.5, 0.6) is 40.2 Å². The molecule has 5 rings (SSSR count). The third-order valence-corrected chi connectivity index (χ3v) is 9.01. The number of quaternary nitrogens is 1. The molecule has 0 aliphatic carbocycles. The summed E-state index contributed by atoms with van der Waals surface area (Å²) in [5, 5.41) is 60.2. The summed E-state index contributed by atoms with van der Waals surface area (Å²) in [5.41, 5.74) is -3.50. The first-order valence-corrected chi connectivity index (χ1v) is 16.3. The molecule has 52 heavy (non-hydrogen) atoms. The van der Waals surface area contributed by atoms with Crippen LogP contribution in [-0.4, -0.2) is 59.9 Å². The van der Waals surface area contributed by atoms with E-state index in [4.69, 9.17) is 23.8 Å². The summed E-state index contributed by atoms with van der Waals surface area (Å²) in [6.45, 7) is 9.81. The number of aromatic hydroxyl groups is 2. The lowest BCUT2D eigenvalue weighted by molar-refractivity contribution is -1.08. The lowest BCUT2D eigenvalue weighted by Crippen LogP contribution is -2.78. The normalized spacial score (nSPS) is 20.5. The molecule has 16 heteroatoms. The Labute approximate surface area is 297 Å². The van der Waals surface area contributed by atoms with Gasteiger partial charge in [0.05, 0.1) is 17.0 Å². The summed E-state index contributed by atoms with van der Waals surface area (Å²) in [5.74, 6) is -9.22. The first-order valence-electron chi connectivity index (χ1n) is 16.3. The molecule has 0 bridgehead atoms. The van der Waals surface area contributed by atoms with E-state index in [1.807, 2.05) is 0 Å². The number of aliphatic hydroxyl groups excluding tert-OH is 1. The van der Waals surface area contributed by atoms with Gasteiger partial charge in [0.1, 0.15) is 5.75 Å². The fourth-order valence-electron chi connectivity index (χ4n) is 6.18. The predicted octanol–water partition coefficient (Wildman–Crippen LogP) is 5.96. The minimum absolute atomic E-state index is 0.0501. The number of hydrogen-bond acceptors (Lipinski definition) is 14. The van der Waals surface area contributed by atoms with Crippen molar-refractivity contribution in [2.45, 2.75) is 67.0 Å². The van der Waals surface area contributed by atoms with E-state index in [1.165, 1.54) is 56.3 Å². The average molecular weight is 723 g/mol. The zero-order chi connectivity index (χ0) is 38.4. The monoisotopic (exact) mass is 722 g/mol. The van der Waals surface area contributed by atoms with Crippen molar-refractivity contribution in [1.82, 2.24) is 5.06 Å². The van der Waals surface area contributed by atoms with Crippen LogP contribution in [0.4, 0.5) is 0 Å². The highest BCUT2D eigenvalue weighted by molar-refractivity contribution is 5.96. The highest BCUT2D eigenvalue weighted by Gasteiger charge is 2.72. The van der Waals surface area contributed by atoms with Gasteiger partial charge < -0.3 is 39.5 Å². The third-order valence-electron chi connectivity index (χ3n) is 9.01. The molecule has 3 aromatic rings. The SMILES string of the molecule is CCC(C)C1=C(O)[N+]2([O-])Oc3ccc(-c4c(O)c(O)c(-c5ccc(OC(C)=O)cc5)c(OC(C)=O)c4OC(C)=O)cc3OC2(C(C)CC)C(=O)N1O. The standard InChI is InChI=1S/C36H38N2O14/c1-8-17(3)29-34(44)38(47)36(18(4)9-2,35(45)37(29)46)51-26-16-23(12-15-25(26)52-38)28-31(43)30(42)27(22-10-13-24(14-11-22)48-19(5)39)32(49-20(6)40)33(28)50-21(7)41/h10-18,42-44,46H,8-9H2,1-7H3. The number of hydroxylamine groups is 6. The zero-order valence-corrected chi connectivity index (χ0v) is 29.4. The van der Waals surface area contributed by atoms with Crippen molar-refractivity contribution in [1.29, 1.82) is 0 Å². The fraction of sp³-hybridized carbons (Fsp3) is 0.333. The topological polar surface area (TPSA) is 222 Å². The molecule has 0 saturated carbocycles. The van der Waals surface area contributed by atoms with Crippen molar-refractivity contribution in [3.63, 3.8) is 0 Å². The Morgan fingerprint density at radius 3 is 1.85 bits per heavy atom.